The molecule has 2 heterocycles. The summed E-state index contributed by atoms with van der Waals surface area (Å²) in [6, 6.07) is 10.7. The van der Waals surface area contributed by atoms with Gasteiger partial charge in [-0.25, -0.2) is 0 Å². The molecule has 0 N–H and O–H groups in total. The summed E-state index contributed by atoms with van der Waals surface area (Å²) < 4.78 is 2.28. The van der Waals surface area contributed by atoms with E-state index in [9.17, 15) is 4.79 Å². The lowest BCUT2D eigenvalue weighted by Gasteiger charge is -2.07. The summed E-state index contributed by atoms with van der Waals surface area (Å²) in [4.78, 5) is 14.1. The molecule has 0 radical (unpaired) electrons. The summed E-state index contributed by atoms with van der Waals surface area (Å²) in [7, 11) is 0. The normalized spacial score (nSPS) is 14.0. The van der Waals surface area contributed by atoms with Crippen molar-refractivity contribution in [3.8, 4) is 11.4 Å². The van der Waals surface area contributed by atoms with E-state index < -0.39 is 0 Å². The van der Waals surface area contributed by atoms with Crippen LogP contribution in [0.25, 0.3) is 11.4 Å². The van der Waals surface area contributed by atoms with Gasteiger partial charge in [-0.1, -0.05) is 31.2 Å². The van der Waals surface area contributed by atoms with Gasteiger partial charge in [0.1, 0.15) is 6.54 Å². The third-order valence-corrected chi connectivity index (χ3v) is 5.06. The van der Waals surface area contributed by atoms with E-state index in [1.807, 2.05) is 25.1 Å². The first-order chi connectivity index (χ1) is 12.6. The lowest BCUT2D eigenvalue weighted by Crippen LogP contribution is -2.14. The van der Waals surface area contributed by atoms with E-state index in [1.54, 1.807) is 0 Å². The first kappa shape index (κ1) is 16.7. The van der Waals surface area contributed by atoms with Gasteiger partial charge in [-0.15, -0.1) is 10.2 Å². The molecule has 0 aliphatic heterocycles. The number of carbonyl (C=O) groups is 1. The maximum absolute atomic E-state index is 12.7. The number of rotatable bonds is 6. The third-order valence-electron chi connectivity index (χ3n) is 5.06. The van der Waals surface area contributed by atoms with Crippen molar-refractivity contribution in [3.05, 3.63) is 52.8 Å². The average Bonchev–Trinajstić information content (AvgIpc) is 3.28. The Morgan fingerprint density at radius 1 is 1.19 bits per heavy atom. The highest BCUT2D eigenvalue weighted by atomic mass is 16.1. The molecule has 1 saturated carbocycles. The minimum Gasteiger partial charge on any atom is -0.345 e. The van der Waals surface area contributed by atoms with E-state index in [1.165, 1.54) is 23.2 Å². The van der Waals surface area contributed by atoms with Gasteiger partial charge >= 0.3 is 0 Å². The molecule has 0 amide bonds. The van der Waals surface area contributed by atoms with Crippen LogP contribution < -0.4 is 0 Å². The Morgan fingerprint density at radius 2 is 1.92 bits per heavy atom. The molecule has 0 atom stereocenters. The number of aromatic nitrogens is 5. The summed E-state index contributed by atoms with van der Waals surface area (Å²) in [6.45, 7) is 6.31. The minimum absolute atomic E-state index is 0.0234. The second kappa shape index (κ2) is 6.52. The second-order valence-corrected chi connectivity index (χ2v) is 7.00. The molecule has 1 aliphatic carbocycles. The van der Waals surface area contributed by atoms with Crippen molar-refractivity contribution < 1.29 is 4.79 Å². The highest BCUT2D eigenvalue weighted by molar-refractivity contribution is 5.97. The van der Waals surface area contributed by atoms with Crippen LogP contribution in [0.5, 0.6) is 0 Å². The van der Waals surface area contributed by atoms with E-state index >= 15 is 0 Å². The van der Waals surface area contributed by atoms with Crippen molar-refractivity contribution in [2.75, 3.05) is 0 Å². The topological polar surface area (TPSA) is 65.6 Å². The van der Waals surface area contributed by atoms with Crippen LogP contribution in [0.15, 0.2) is 30.3 Å². The minimum atomic E-state index is 0.0234. The SMILES string of the molecule is CCc1ccc(-c2nnn(CC(=O)c3cc(C)n(C4CC4)c3C)n2)cc1. The monoisotopic (exact) mass is 349 g/mol. The zero-order chi connectivity index (χ0) is 18.3. The first-order valence-corrected chi connectivity index (χ1v) is 9.15. The van der Waals surface area contributed by atoms with Gasteiger partial charge in [0.05, 0.1) is 0 Å². The fourth-order valence-electron chi connectivity index (χ4n) is 3.48. The number of carbonyl (C=O) groups excluding carboxylic acids is 1. The number of benzene rings is 1. The highest BCUT2D eigenvalue weighted by Crippen LogP contribution is 2.38. The molecule has 0 saturated heterocycles. The predicted octanol–water partition coefficient (Wildman–Crippen LogP) is 3.54. The summed E-state index contributed by atoms with van der Waals surface area (Å²) in [5.41, 5.74) is 5.14. The van der Waals surface area contributed by atoms with Crippen molar-refractivity contribution in [2.24, 2.45) is 0 Å². The Labute approximate surface area is 152 Å². The van der Waals surface area contributed by atoms with Gasteiger partial charge < -0.3 is 4.57 Å². The molecule has 0 bridgehead atoms. The van der Waals surface area contributed by atoms with Crippen LogP contribution in [0.4, 0.5) is 0 Å². The van der Waals surface area contributed by atoms with Gasteiger partial charge in [0.2, 0.25) is 5.82 Å². The second-order valence-electron chi connectivity index (χ2n) is 7.00. The molecule has 0 spiro atoms. The fourth-order valence-corrected chi connectivity index (χ4v) is 3.48. The van der Waals surface area contributed by atoms with Crippen molar-refractivity contribution in [3.63, 3.8) is 0 Å². The quantitative estimate of drug-likeness (QED) is 0.639. The van der Waals surface area contributed by atoms with Crippen LogP contribution in [0, 0.1) is 13.8 Å². The molecule has 1 fully saturated rings. The number of hydrogen-bond donors (Lipinski definition) is 0. The smallest absolute Gasteiger partial charge is 0.204 e. The largest absolute Gasteiger partial charge is 0.345 e. The van der Waals surface area contributed by atoms with Gasteiger partial charge in [-0.3, -0.25) is 4.79 Å². The van der Waals surface area contributed by atoms with Crippen LogP contribution in [0.3, 0.4) is 0 Å². The molecule has 6 nitrogen and oxygen atoms in total. The van der Waals surface area contributed by atoms with E-state index in [4.69, 9.17) is 0 Å². The van der Waals surface area contributed by atoms with E-state index in [0.717, 1.165) is 28.9 Å². The summed E-state index contributed by atoms with van der Waals surface area (Å²) in [6.07, 6.45) is 3.40. The Balaban J connectivity index is 1.52. The Kier molecular flexibility index (Phi) is 4.18. The fraction of sp³-hybridized carbons (Fsp3) is 0.400. The van der Waals surface area contributed by atoms with Gasteiger partial charge in [0.25, 0.3) is 0 Å². The first-order valence-electron chi connectivity index (χ1n) is 9.15. The third kappa shape index (κ3) is 3.07. The number of nitrogens with zero attached hydrogens (tertiary/aromatic N) is 5. The zero-order valence-corrected chi connectivity index (χ0v) is 15.4. The van der Waals surface area contributed by atoms with E-state index in [-0.39, 0.29) is 12.3 Å². The van der Waals surface area contributed by atoms with Crippen LogP contribution >= 0.6 is 0 Å². The van der Waals surface area contributed by atoms with Crippen molar-refractivity contribution in [1.82, 2.24) is 24.8 Å². The zero-order valence-electron chi connectivity index (χ0n) is 15.4. The van der Waals surface area contributed by atoms with Crippen molar-refractivity contribution in [2.45, 2.75) is 52.6 Å². The van der Waals surface area contributed by atoms with Gasteiger partial charge in [0, 0.05) is 28.6 Å². The molecule has 1 aromatic carbocycles. The summed E-state index contributed by atoms with van der Waals surface area (Å²) >= 11 is 0. The van der Waals surface area contributed by atoms with Crippen molar-refractivity contribution >= 4 is 5.78 Å². The summed E-state index contributed by atoms with van der Waals surface area (Å²) in [5, 5.41) is 12.5. The Bertz CT molecular complexity index is 947. The number of Topliss-reactive ketones (excluding diaryl/α,β-unsaturated/α-hetero) is 1. The number of tetrazole rings is 1. The molecular formula is C20H23N5O. The van der Waals surface area contributed by atoms with Crippen LogP contribution in [0.2, 0.25) is 0 Å². The average molecular weight is 349 g/mol. The van der Waals surface area contributed by atoms with E-state index in [2.05, 4.69) is 46.0 Å². The van der Waals surface area contributed by atoms with E-state index in [0.29, 0.717) is 11.9 Å². The molecule has 26 heavy (non-hydrogen) atoms. The van der Waals surface area contributed by atoms with Gasteiger partial charge in [-0.05, 0) is 50.0 Å². The molecular weight excluding hydrogens is 326 g/mol. The number of ketones is 1. The predicted molar refractivity (Wildman–Crippen MR) is 99.1 cm³/mol. The molecule has 4 rings (SSSR count). The highest BCUT2D eigenvalue weighted by Gasteiger charge is 2.28. The standard InChI is InChI=1S/C20H23N5O/c1-4-15-5-7-16(8-6-15)20-21-23-24(22-20)12-19(26)18-11-13(2)25(14(18)3)17-9-10-17/h5-8,11,17H,4,9-10,12H2,1-3H3. The number of hydrogen-bond acceptors (Lipinski definition) is 4. The van der Waals surface area contributed by atoms with Crippen molar-refractivity contribution in [1.29, 1.82) is 0 Å². The van der Waals surface area contributed by atoms with Crippen LogP contribution in [-0.4, -0.2) is 30.6 Å². The summed E-state index contributed by atoms with van der Waals surface area (Å²) in [5.74, 6) is 0.569. The maximum atomic E-state index is 12.7. The maximum Gasteiger partial charge on any atom is 0.204 e. The Hall–Kier alpha value is -2.76. The van der Waals surface area contributed by atoms with Gasteiger partial charge in [-0.2, -0.15) is 4.80 Å². The molecule has 0 unspecified atom stereocenters. The lowest BCUT2D eigenvalue weighted by molar-refractivity contribution is 0.0960. The molecule has 134 valence electrons. The molecule has 1 aliphatic rings. The van der Waals surface area contributed by atoms with Crippen LogP contribution in [-0.2, 0) is 13.0 Å². The Morgan fingerprint density at radius 3 is 2.58 bits per heavy atom. The number of aryl methyl sites for hydroxylation is 2. The lowest BCUT2D eigenvalue weighted by atomic mass is 10.1. The molecule has 6 heteroatoms. The van der Waals surface area contributed by atoms with Gasteiger partial charge in [0.15, 0.2) is 5.78 Å². The van der Waals surface area contributed by atoms with Crippen LogP contribution in [0.1, 0.15) is 53.1 Å². The molecule has 3 aromatic rings. The molecule has 2 aromatic heterocycles.